The number of ether oxygens (including phenoxy) is 1. The number of nitrogens with zero attached hydrogens (tertiary/aromatic N) is 1. The van der Waals surface area contributed by atoms with Crippen LogP contribution in [-0.4, -0.2) is 23.8 Å². The number of Topliss-reactive ketones (excluding diaryl/α,β-unsaturated/α-hetero) is 1. The Morgan fingerprint density at radius 1 is 1.29 bits per heavy atom. The van der Waals surface area contributed by atoms with Gasteiger partial charge in [-0.2, -0.15) is 0 Å². The first-order valence-electron chi connectivity index (χ1n) is 8.98. The van der Waals surface area contributed by atoms with Gasteiger partial charge in [-0.05, 0) is 30.0 Å². The third-order valence-corrected chi connectivity index (χ3v) is 6.03. The van der Waals surface area contributed by atoms with Gasteiger partial charge in [-0.3, -0.25) is 9.59 Å². The zero-order chi connectivity index (χ0) is 20.1. The number of hydrogen-bond acceptors (Lipinski definition) is 6. The molecule has 4 rings (SSSR count). The van der Waals surface area contributed by atoms with E-state index in [9.17, 15) is 9.59 Å². The Kier molecular flexibility index (Phi) is 4.34. The highest BCUT2D eigenvalue weighted by Gasteiger charge is 2.33. The smallest absolute Gasteiger partial charge is 0.267 e. The summed E-state index contributed by atoms with van der Waals surface area (Å²) in [6, 6.07) is 8.91. The number of nitrogens with two attached hydrogens (primary N) is 1. The maximum Gasteiger partial charge on any atom is 0.267 e. The summed E-state index contributed by atoms with van der Waals surface area (Å²) in [6.07, 6.45) is 1.22. The first-order chi connectivity index (χ1) is 13.3. The second kappa shape index (κ2) is 6.60. The first-order valence-corrected chi connectivity index (χ1v) is 9.79. The van der Waals surface area contributed by atoms with Gasteiger partial charge in [0.1, 0.15) is 15.5 Å². The van der Waals surface area contributed by atoms with Crippen molar-refractivity contribution in [2.75, 3.05) is 18.2 Å². The minimum atomic E-state index is -0.307. The SMILES string of the molecule is COc1cccc(NC(=O)c2sc3nc4c(cc3c2N)C(=O)CC(C)(C)C4)c1. The lowest BCUT2D eigenvalue weighted by Crippen LogP contribution is -2.27. The molecular formula is C21H21N3O3S. The largest absolute Gasteiger partial charge is 0.497 e. The number of amides is 1. The maximum absolute atomic E-state index is 12.8. The first kappa shape index (κ1) is 18.4. The van der Waals surface area contributed by atoms with Gasteiger partial charge in [-0.15, -0.1) is 11.3 Å². The Morgan fingerprint density at radius 2 is 2.07 bits per heavy atom. The number of aromatic nitrogens is 1. The van der Waals surface area contributed by atoms with E-state index < -0.39 is 0 Å². The van der Waals surface area contributed by atoms with Crippen molar-refractivity contribution in [3.8, 4) is 5.75 Å². The van der Waals surface area contributed by atoms with Crippen LogP contribution in [0.2, 0.25) is 0 Å². The summed E-state index contributed by atoms with van der Waals surface area (Å²) in [5, 5.41) is 3.50. The Balaban J connectivity index is 1.71. The molecular weight excluding hydrogens is 374 g/mol. The van der Waals surface area contributed by atoms with Crippen molar-refractivity contribution in [2.24, 2.45) is 5.41 Å². The molecule has 3 N–H and O–H groups in total. The van der Waals surface area contributed by atoms with E-state index in [4.69, 9.17) is 10.5 Å². The van der Waals surface area contributed by atoms with E-state index in [2.05, 4.69) is 24.1 Å². The molecule has 7 heteroatoms. The van der Waals surface area contributed by atoms with Crippen molar-refractivity contribution in [2.45, 2.75) is 26.7 Å². The number of anilines is 2. The van der Waals surface area contributed by atoms with Crippen molar-refractivity contribution in [3.05, 3.63) is 46.5 Å². The fraction of sp³-hybridized carbons (Fsp3) is 0.286. The molecule has 2 heterocycles. The normalized spacial score (nSPS) is 15.3. The molecule has 144 valence electrons. The number of nitrogen functional groups attached to an aromatic ring is 1. The molecule has 0 aliphatic heterocycles. The molecule has 0 saturated heterocycles. The average molecular weight is 395 g/mol. The maximum atomic E-state index is 12.8. The average Bonchev–Trinajstić information content (AvgIpc) is 2.95. The highest BCUT2D eigenvalue weighted by molar-refractivity contribution is 7.21. The topological polar surface area (TPSA) is 94.3 Å². The predicted octanol–water partition coefficient (Wildman–Crippen LogP) is 4.29. The summed E-state index contributed by atoms with van der Waals surface area (Å²) >= 11 is 1.24. The van der Waals surface area contributed by atoms with Crippen LogP contribution in [0, 0.1) is 5.41 Å². The zero-order valence-electron chi connectivity index (χ0n) is 16.0. The van der Waals surface area contributed by atoms with Gasteiger partial charge in [0.05, 0.1) is 18.5 Å². The number of benzene rings is 1. The van der Waals surface area contributed by atoms with Crippen LogP contribution >= 0.6 is 11.3 Å². The molecule has 1 aromatic carbocycles. The van der Waals surface area contributed by atoms with E-state index in [0.717, 1.165) is 12.1 Å². The Labute approximate surface area is 166 Å². The molecule has 28 heavy (non-hydrogen) atoms. The van der Waals surface area contributed by atoms with Gasteiger partial charge in [0, 0.05) is 29.1 Å². The fourth-order valence-corrected chi connectivity index (χ4v) is 4.55. The second-order valence-electron chi connectivity index (χ2n) is 7.81. The molecule has 0 saturated carbocycles. The highest BCUT2D eigenvalue weighted by atomic mass is 32.1. The van der Waals surface area contributed by atoms with Crippen molar-refractivity contribution in [1.82, 2.24) is 4.98 Å². The molecule has 1 aliphatic rings. The monoisotopic (exact) mass is 395 g/mol. The summed E-state index contributed by atoms with van der Waals surface area (Å²) in [5.74, 6) is 0.421. The Bertz CT molecular complexity index is 1120. The lowest BCUT2D eigenvalue weighted by Gasteiger charge is -2.29. The van der Waals surface area contributed by atoms with Gasteiger partial charge < -0.3 is 15.8 Å². The Morgan fingerprint density at radius 3 is 2.82 bits per heavy atom. The molecule has 6 nitrogen and oxygen atoms in total. The van der Waals surface area contributed by atoms with E-state index >= 15 is 0 Å². The minimum Gasteiger partial charge on any atom is -0.497 e. The molecule has 1 amide bonds. The van der Waals surface area contributed by atoms with Gasteiger partial charge in [0.15, 0.2) is 5.78 Å². The summed E-state index contributed by atoms with van der Waals surface area (Å²) in [7, 11) is 1.57. The highest BCUT2D eigenvalue weighted by Crippen LogP contribution is 2.39. The van der Waals surface area contributed by atoms with Crippen LogP contribution in [-0.2, 0) is 6.42 Å². The molecule has 0 unspecified atom stereocenters. The second-order valence-corrected chi connectivity index (χ2v) is 8.81. The molecule has 0 atom stereocenters. The van der Waals surface area contributed by atoms with Crippen molar-refractivity contribution in [3.63, 3.8) is 0 Å². The summed E-state index contributed by atoms with van der Waals surface area (Å²) in [5.41, 5.74) is 8.52. The van der Waals surface area contributed by atoms with Crippen LogP contribution in [0.4, 0.5) is 11.4 Å². The number of carbonyl (C=O) groups is 2. The van der Waals surface area contributed by atoms with E-state index in [-0.39, 0.29) is 17.1 Å². The van der Waals surface area contributed by atoms with Crippen LogP contribution in [0.1, 0.15) is 46.0 Å². The number of methoxy groups -OCH3 is 1. The van der Waals surface area contributed by atoms with Crippen LogP contribution in [0.3, 0.4) is 0 Å². The van der Waals surface area contributed by atoms with Crippen LogP contribution in [0.15, 0.2) is 30.3 Å². The number of thiophene rings is 1. The van der Waals surface area contributed by atoms with Crippen molar-refractivity contribution >= 4 is 44.6 Å². The van der Waals surface area contributed by atoms with Gasteiger partial charge in [0.25, 0.3) is 5.91 Å². The van der Waals surface area contributed by atoms with Gasteiger partial charge in [-0.25, -0.2) is 4.98 Å². The lowest BCUT2D eigenvalue weighted by molar-refractivity contribution is 0.0910. The van der Waals surface area contributed by atoms with Gasteiger partial charge >= 0.3 is 0 Å². The standard InChI is InChI=1S/C21H21N3O3S/c1-21(2)9-15-13(16(25)10-21)8-14-17(22)18(28-20(14)24-15)19(26)23-11-5-4-6-12(7-11)27-3/h4-8H,9-10,22H2,1-3H3,(H,23,26). The lowest BCUT2D eigenvalue weighted by atomic mass is 9.75. The van der Waals surface area contributed by atoms with Gasteiger partial charge in [-0.1, -0.05) is 19.9 Å². The third kappa shape index (κ3) is 3.22. The molecule has 0 spiro atoms. The number of nitrogens with one attached hydrogen (secondary N) is 1. The van der Waals surface area contributed by atoms with Gasteiger partial charge in [0.2, 0.25) is 0 Å². The minimum absolute atomic E-state index is 0.0774. The van der Waals surface area contributed by atoms with E-state index in [0.29, 0.717) is 44.2 Å². The number of carbonyl (C=O) groups excluding carboxylic acids is 2. The number of fused-ring (bicyclic) bond motifs is 2. The molecule has 0 fully saturated rings. The molecule has 3 aromatic rings. The van der Waals surface area contributed by atoms with Crippen LogP contribution < -0.4 is 15.8 Å². The number of pyridine rings is 1. The number of hydrogen-bond donors (Lipinski definition) is 2. The fourth-order valence-electron chi connectivity index (χ4n) is 3.56. The van der Waals surface area contributed by atoms with E-state index in [1.165, 1.54) is 11.3 Å². The summed E-state index contributed by atoms with van der Waals surface area (Å²) < 4.78 is 5.18. The van der Waals surface area contributed by atoms with E-state index in [1.54, 1.807) is 37.4 Å². The zero-order valence-corrected chi connectivity index (χ0v) is 16.8. The third-order valence-electron chi connectivity index (χ3n) is 4.92. The number of ketones is 1. The molecule has 0 bridgehead atoms. The predicted molar refractivity (Wildman–Crippen MR) is 111 cm³/mol. The van der Waals surface area contributed by atoms with Crippen molar-refractivity contribution in [1.29, 1.82) is 0 Å². The summed E-state index contributed by atoms with van der Waals surface area (Å²) in [6.45, 7) is 4.13. The van der Waals surface area contributed by atoms with Crippen molar-refractivity contribution < 1.29 is 14.3 Å². The molecule has 2 aromatic heterocycles. The molecule has 1 aliphatic carbocycles. The Hall–Kier alpha value is -2.93. The number of rotatable bonds is 3. The van der Waals surface area contributed by atoms with Crippen LogP contribution in [0.5, 0.6) is 5.75 Å². The van der Waals surface area contributed by atoms with Crippen LogP contribution in [0.25, 0.3) is 10.2 Å². The summed E-state index contributed by atoms with van der Waals surface area (Å²) in [4.78, 5) is 31.1. The van der Waals surface area contributed by atoms with E-state index in [1.807, 2.05) is 0 Å². The quantitative estimate of drug-likeness (QED) is 0.690. The molecule has 0 radical (unpaired) electrons.